The molecular weight excluding hydrogens is 236 g/mol. The van der Waals surface area contributed by atoms with Gasteiger partial charge in [-0.1, -0.05) is 0 Å². The lowest BCUT2D eigenvalue weighted by molar-refractivity contribution is -0.127. The minimum absolute atomic E-state index is 0.138. The largest absolute Gasteiger partial charge is 0.438 e. The summed E-state index contributed by atoms with van der Waals surface area (Å²) in [5, 5.41) is 2.63. The Balaban J connectivity index is 2.58. The molecule has 3 N–H and O–H groups in total. The first-order valence-corrected chi connectivity index (χ1v) is 5.40. The van der Waals surface area contributed by atoms with Gasteiger partial charge in [-0.05, 0) is 6.42 Å². The van der Waals surface area contributed by atoms with E-state index < -0.39 is 18.0 Å². The van der Waals surface area contributed by atoms with Crippen molar-refractivity contribution in [3.63, 3.8) is 0 Å². The van der Waals surface area contributed by atoms with Crippen LogP contribution in [0.5, 0.6) is 0 Å². The molecule has 90 valence electrons. The van der Waals surface area contributed by atoms with Crippen LogP contribution in [-0.2, 0) is 14.3 Å². The highest BCUT2D eigenvalue weighted by atomic mass is 35.5. The van der Waals surface area contributed by atoms with E-state index >= 15 is 0 Å². The van der Waals surface area contributed by atoms with E-state index in [1.54, 1.807) is 0 Å². The molecule has 1 aliphatic rings. The number of Topliss-reactive ketones (excluding diaryl/α,β-unsaturated/α-hetero) is 1. The van der Waals surface area contributed by atoms with Crippen LogP contribution in [0.2, 0.25) is 0 Å². The summed E-state index contributed by atoms with van der Waals surface area (Å²) in [7, 11) is 0. The van der Waals surface area contributed by atoms with Crippen molar-refractivity contribution in [1.29, 1.82) is 0 Å². The summed E-state index contributed by atoms with van der Waals surface area (Å²) in [4.78, 5) is 33.2. The third-order valence-electron chi connectivity index (χ3n) is 2.41. The Kier molecular flexibility index (Phi) is 4.54. The fourth-order valence-corrected chi connectivity index (χ4v) is 1.77. The van der Waals surface area contributed by atoms with Gasteiger partial charge in [-0.3, -0.25) is 9.59 Å². The summed E-state index contributed by atoms with van der Waals surface area (Å²) in [6.07, 6.45) is -1.31. The van der Waals surface area contributed by atoms with Crippen molar-refractivity contribution in [3.8, 4) is 0 Å². The molecule has 0 bridgehead atoms. The predicted octanol–water partition coefficient (Wildman–Crippen LogP) is -0.216. The number of rotatable bonds is 5. The Morgan fingerprint density at radius 3 is 2.75 bits per heavy atom. The minimum atomic E-state index is -1.04. The van der Waals surface area contributed by atoms with Gasteiger partial charge in [0.2, 0.25) is 5.91 Å². The van der Waals surface area contributed by atoms with Gasteiger partial charge in [0.1, 0.15) is 0 Å². The highest BCUT2D eigenvalue weighted by molar-refractivity contribution is 6.28. The van der Waals surface area contributed by atoms with Crippen LogP contribution in [0.25, 0.3) is 0 Å². The number of hydrogen-bond donors (Lipinski definition) is 2. The van der Waals surface area contributed by atoms with Crippen LogP contribution >= 0.6 is 11.6 Å². The first kappa shape index (κ1) is 12.8. The number of nitrogens with two attached hydrogens (primary N) is 1. The Morgan fingerprint density at radius 2 is 2.31 bits per heavy atom. The van der Waals surface area contributed by atoms with Crippen LogP contribution in [0.3, 0.4) is 0 Å². The molecule has 0 saturated carbocycles. The fourth-order valence-electron chi connectivity index (χ4n) is 1.60. The third kappa shape index (κ3) is 3.37. The number of halogens is 1. The molecule has 1 aliphatic heterocycles. The zero-order chi connectivity index (χ0) is 12.1. The molecular formula is C9H13ClN2O4. The lowest BCUT2D eigenvalue weighted by Crippen LogP contribution is -2.34. The van der Waals surface area contributed by atoms with Crippen LogP contribution < -0.4 is 11.1 Å². The van der Waals surface area contributed by atoms with Crippen LogP contribution in [0.1, 0.15) is 12.8 Å². The number of alkyl halides is 1. The number of nitrogens with one attached hydrogen (secondary N) is 1. The highest BCUT2D eigenvalue weighted by Gasteiger charge is 2.31. The van der Waals surface area contributed by atoms with E-state index in [0.717, 1.165) is 0 Å². The normalized spacial score (nSPS) is 21.3. The molecule has 6 nitrogen and oxygen atoms in total. The first-order valence-electron chi connectivity index (χ1n) is 4.87. The van der Waals surface area contributed by atoms with Crippen LogP contribution in [-0.4, -0.2) is 36.3 Å². The molecule has 0 aromatic rings. The van der Waals surface area contributed by atoms with Gasteiger partial charge in [0.05, 0.1) is 5.88 Å². The lowest BCUT2D eigenvalue weighted by Gasteiger charge is -2.16. The summed E-state index contributed by atoms with van der Waals surface area (Å²) in [6.45, 7) is 0.571. The molecule has 1 saturated heterocycles. The molecule has 1 rings (SSSR count). The number of hydrogen-bond acceptors (Lipinski definition) is 4. The van der Waals surface area contributed by atoms with Gasteiger partial charge in [-0.25, -0.2) is 4.79 Å². The molecule has 0 unspecified atom stereocenters. The summed E-state index contributed by atoms with van der Waals surface area (Å²) in [5.74, 6) is -1.18. The van der Waals surface area contributed by atoms with Crippen molar-refractivity contribution in [2.75, 3.05) is 12.4 Å². The van der Waals surface area contributed by atoms with Gasteiger partial charge in [0.15, 0.2) is 11.9 Å². The smallest absolute Gasteiger partial charge is 0.405 e. The average molecular weight is 249 g/mol. The summed E-state index contributed by atoms with van der Waals surface area (Å²) < 4.78 is 4.64. The van der Waals surface area contributed by atoms with Crippen LogP contribution in [0.4, 0.5) is 4.79 Å². The third-order valence-corrected chi connectivity index (χ3v) is 2.67. The standard InChI is InChI=1S/C9H13ClN2O4/c10-4-6(13)7(16-9(11)15)3-5-1-2-12-8(5)14/h5,7H,1-4H2,(H2,11,15)(H,12,14)/t5-,7-/m0/s1. The molecule has 0 radical (unpaired) electrons. The number of amides is 2. The molecule has 16 heavy (non-hydrogen) atoms. The quantitative estimate of drug-likeness (QED) is 0.658. The van der Waals surface area contributed by atoms with Crippen LogP contribution in [0, 0.1) is 5.92 Å². The molecule has 2 amide bonds. The van der Waals surface area contributed by atoms with Gasteiger partial charge in [0, 0.05) is 18.9 Å². The molecule has 0 aromatic carbocycles. The fraction of sp³-hybridized carbons (Fsp3) is 0.667. The maximum absolute atomic E-state index is 11.3. The minimum Gasteiger partial charge on any atom is -0.438 e. The van der Waals surface area contributed by atoms with Gasteiger partial charge < -0.3 is 15.8 Å². The second kappa shape index (κ2) is 5.69. The predicted molar refractivity (Wildman–Crippen MR) is 55.9 cm³/mol. The van der Waals surface area contributed by atoms with Crippen molar-refractivity contribution in [3.05, 3.63) is 0 Å². The van der Waals surface area contributed by atoms with E-state index in [0.29, 0.717) is 13.0 Å². The Morgan fingerprint density at radius 1 is 1.62 bits per heavy atom. The van der Waals surface area contributed by atoms with Gasteiger partial charge in [-0.15, -0.1) is 11.6 Å². The van der Waals surface area contributed by atoms with Crippen LogP contribution in [0.15, 0.2) is 0 Å². The topological polar surface area (TPSA) is 98.5 Å². The maximum atomic E-state index is 11.3. The van der Waals surface area contributed by atoms with Crippen molar-refractivity contribution >= 4 is 29.4 Å². The molecule has 1 heterocycles. The molecule has 2 atom stereocenters. The molecule has 0 aliphatic carbocycles. The van der Waals surface area contributed by atoms with Crippen molar-refractivity contribution in [2.24, 2.45) is 11.7 Å². The van der Waals surface area contributed by atoms with Crippen molar-refractivity contribution in [2.45, 2.75) is 18.9 Å². The summed E-state index contributed by atoms with van der Waals surface area (Å²) in [6, 6.07) is 0. The zero-order valence-electron chi connectivity index (χ0n) is 8.57. The summed E-state index contributed by atoms with van der Waals surface area (Å²) in [5.41, 5.74) is 4.84. The molecule has 0 spiro atoms. The van der Waals surface area contributed by atoms with E-state index in [4.69, 9.17) is 17.3 Å². The lowest BCUT2D eigenvalue weighted by atomic mass is 9.98. The average Bonchev–Trinajstić information content (AvgIpc) is 2.61. The number of carbonyl (C=O) groups is 3. The second-order valence-corrected chi connectivity index (χ2v) is 3.81. The highest BCUT2D eigenvalue weighted by Crippen LogP contribution is 2.18. The number of carbonyl (C=O) groups excluding carboxylic acids is 3. The van der Waals surface area contributed by atoms with E-state index in [-0.39, 0.29) is 24.1 Å². The maximum Gasteiger partial charge on any atom is 0.405 e. The Bertz CT molecular complexity index is 308. The van der Waals surface area contributed by atoms with E-state index in [2.05, 4.69) is 10.1 Å². The van der Waals surface area contributed by atoms with Crippen molar-refractivity contribution < 1.29 is 19.1 Å². The zero-order valence-corrected chi connectivity index (χ0v) is 9.33. The molecule has 7 heteroatoms. The van der Waals surface area contributed by atoms with E-state index in [9.17, 15) is 14.4 Å². The monoisotopic (exact) mass is 248 g/mol. The number of ketones is 1. The van der Waals surface area contributed by atoms with Gasteiger partial charge in [-0.2, -0.15) is 0 Å². The second-order valence-electron chi connectivity index (χ2n) is 3.54. The number of ether oxygens (including phenoxy) is 1. The molecule has 1 fully saturated rings. The summed E-state index contributed by atoms with van der Waals surface area (Å²) >= 11 is 5.37. The van der Waals surface area contributed by atoms with Crippen molar-refractivity contribution in [1.82, 2.24) is 5.32 Å². The Hall–Kier alpha value is -1.30. The van der Waals surface area contributed by atoms with E-state index in [1.165, 1.54) is 0 Å². The van der Waals surface area contributed by atoms with E-state index in [1.807, 2.05) is 0 Å². The number of primary amides is 1. The Labute approximate surface area is 97.4 Å². The van der Waals surface area contributed by atoms with Gasteiger partial charge in [0.25, 0.3) is 0 Å². The SMILES string of the molecule is NC(=O)O[C@@H](C[C@@H]1CCNC1=O)C(=O)CCl. The van der Waals surface area contributed by atoms with Gasteiger partial charge >= 0.3 is 6.09 Å². The first-order chi connectivity index (χ1) is 7.54. The molecule has 0 aromatic heterocycles.